The molecule has 3 nitrogen and oxygen atoms in total. The Morgan fingerprint density at radius 3 is 2.54 bits per heavy atom. The van der Waals surface area contributed by atoms with Crippen LogP contribution in [-0.2, 0) is 16.6 Å². The second-order valence-electron chi connectivity index (χ2n) is 7.80. The SMILES string of the molecule is CC(C)(C)c1ccc(CCC(=O)NCCC2CCCNC2)cc1.Cl. The molecule has 1 saturated heterocycles. The van der Waals surface area contributed by atoms with Crippen molar-refractivity contribution >= 4 is 18.3 Å². The van der Waals surface area contributed by atoms with E-state index in [4.69, 9.17) is 0 Å². The van der Waals surface area contributed by atoms with Crippen LogP contribution < -0.4 is 10.6 Å². The molecule has 1 aliphatic rings. The third-order valence-corrected chi connectivity index (χ3v) is 4.73. The molecule has 1 heterocycles. The van der Waals surface area contributed by atoms with Crippen LogP contribution >= 0.6 is 12.4 Å². The van der Waals surface area contributed by atoms with Crippen LogP contribution in [0.1, 0.15) is 57.6 Å². The fraction of sp³-hybridized carbons (Fsp3) is 0.650. The quantitative estimate of drug-likeness (QED) is 0.816. The van der Waals surface area contributed by atoms with Crippen molar-refractivity contribution in [3.05, 3.63) is 35.4 Å². The molecule has 136 valence electrons. The summed E-state index contributed by atoms with van der Waals surface area (Å²) in [6.07, 6.45) is 5.06. The topological polar surface area (TPSA) is 41.1 Å². The van der Waals surface area contributed by atoms with Gasteiger partial charge in [-0.15, -0.1) is 12.4 Å². The Kier molecular flexibility index (Phi) is 8.79. The van der Waals surface area contributed by atoms with E-state index in [9.17, 15) is 4.79 Å². The number of carbonyl (C=O) groups is 1. The molecule has 1 unspecified atom stereocenters. The average Bonchev–Trinajstić information content (AvgIpc) is 2.53. The maximum absolute atomic E-state index is 12.0. The Hall–Kier alpha value is -1.06. The van der Waals surface area contributed by atoms with Gasteiger partial charge in [-0.1, -0.05) is 45.0 Å². The van der Waals surface area contributed by atoms with Gasteiger partial charge in [0.15, 0.2) is 0 Å². The van der Waals surface area contributed by atoms with Crippen molar-refractivity contribution in [3.8, 4) is 0 Å². The number of aryl methyl sites for hydroxylation is 1. The Morgan fingerprint density at radius 2 is 1.96 bits per heavy atom. The highest BCUT2D eigenvalue weighted by Crippen LogP contribution is 2.22. The summed E-state index contributed by atoms with van der Waals surface area (Å²) in [6.45, 7) is 9.73. The zero-order chi connectivity index (χ0) is 16.7. The fourth-order valence-electron chi connectivity index (χ4n) is 3.10. The van der Waals surface area contributed by atoms with Gasteiger partial charge in [0.25, 0.3) is 0 Å². The van der Waals surface area contributed by atoms with E-state index < -0.39 is 0 Å². The first kappa shape index (κ1) is 21.0. The van der Waals surface area contributed by atoms with Crippen molar-refractivity contribution in [1.29, 1.82) is 0 Å². The smallest absolute Gasteiger partial charge is 0.220 e. The lowest BCUT2D eigenvalue weighted by Crippen LogP contribution is -2.33. The summed E-state index contributed by atoms with van der Waals surface area (Å²) in [5, 5.41) is 6.49. The van der Waals surface area contributed by atoms with Crippen molar-refractivity contribution in [2.24, 2.45) is 5.92 Å². The van der Waals surface area contributed by atoms with E-state index in [2.05, 4.69) is 55.7 Å². The number of amides is 1. The van der Waals surface area contributed by atoms with Crippen molar-refractivity contribution in [3.63, 3.8) is 0 Å². The highest BCUT2D eigenvalue weighted by Gasteiger charge is 2.14. The third-order valence-electron chi connectivity index (χ3n) is 4.73. The molecule has 2 N–H and O–H groups in total. The number of carbonyl (C=O) groups excluding carboxylic acids is 1. The summed E-state index contributed by atoms with van der Waals surface area (Å²) in [5.41, 5.74) is 2.76. The van der Waals surface area contributed by atoms with Crippen LogP contribution in [0, 0.1) is 5.92 Å². The standard InChI is InChI=1S/C20H32N2O.ClH/c1-20(2,3)18-9-6-16(7-10-18)8-11-19(23)22-14-12-17-5-4-13-21-15-17;/h6-7,9-10,17,21H,4-5,8,11-15H2,1-3H3,(H,22,23);1H. The van der Waals surface area contributed by atoms with E-state index in [1.807, 2.05) is 0 Å². The molecule has 4 heteroatoms. The summed E-state index contributed by atoms with van der Waals surface area (Å²) in [7, 11) is 0. The Bertz CT molecular complexity index is 487. The Labute approximate surface area is 153 Å². The van der Waals surface area contributed by atoms with Gasteiger partial charge >= 0.3 is 0 Å². The molecule has 1 aliphatic heterocycles. The summed E-state index contributed by atoms with van der Waals surface area (Å²) in [6, 6.07) is 8.68. The second kappa shape index (κ2) is 10.0. The molecule has 24 heavy (non-hydrogen) atoms. The molecule has 1 amide bonds. The molecule has 1 aromatic rings. The van der Waals surface area contributed by atoms with Gasteiger partial charge in [0, 0.05) is 13.0 Å². The van der Waals surface area contributed by atoms with Gasteiger partial charge in [-0.05, 0) is 61.2 Å². The summed E-state index contributed by atoms with van der Waals surface area (Å²) in [4.78, 5) is 12.0. The number of benzene rings is 1. The van der Waals surface area contributed by atoms with E-state index in [1.54, 1.807) is 0 Å². The van der Waals surface area contributed by atoms with E-state index in [-0.39, 0.29) is 23.7 Å². The van der Waals surface area contributed by atoms with Gasteiger partial charge in [0.05, 0.1) is 0 Å². The van der Waals surface area contributed by atoms with Crippen LogP contribution in [-0.4, -0.2) is 25.5 Å². The fourth-order valence-corrected chi connectivity index (χ4v) is 3.10. The normalized spacial score (nSPS) is 17.9. The first-order valence-electron chi connectivity index (χ1n) is 9.02. The van der Waals surface area contributed by atoms with Crippen LogP contribution in [0.2, 0.25) is 0 Å². The monoisotopic (exact) mass is 352 g/mol. The first-order valence-corrected chi connectivity index (χ1v) is 9.02. The zero-order valence-corrected chi connectivity index (χ0v) is 16.2. The summed E-state index contributed by atoms with van der Waals surface area (Å²) < 4.78 is 0. The second-order valence-corrected chi connectivity index (χ2v) is 7.80. The lowest BCUT2D eigenvalue weighted by Gasteiger charge is -2.22. The van der Waals surface area contributed by atoms with E-state index in [0.29, 0.717) is 6.42 Å². The van der Waals surface area contributed by atoms with Crippen molar-refractivity contribution in [2.75, 3.05) is 19.6 Å². The molecule has 0 saturated carbocycles. The van der Waals surface area contributed by atoms with Crippen molar-refractivity contribution in [2.45, 2.75) is 58.3 Å². The largest absolute Gasteiger partial charge is 0.356 e. The van der Waals surface area contributed by atoms with Gasteiger partial charge in [0.1, 0.15) is 0 Å². The molecule has 0 aromatic heterocycles. The van der Waals surface area contributed by atoms with Crippen LogP contribution in [0.5, 0.6) is 0 Å². The van der Waals surface area contributed by atoms with E-state index in [1.165, 1.54) is 24.0 Å². The van der Waals surface area contributed by atoms with Crippen LogP contribution in [0.3, 0.4) is 0 Å². The Morgan fingerprint density at radius 1 is 1.25 bits per heavy atom. The highest BCUT2D eigenvalue weighted by atomic mass is 35.5. The molecule has 0 aliphatic carbocycles. The zero-order valence-electron chi connectivity index (χ0n) is 15.4. The Balaban J connectivity index is 0.00000288. The minimum absolute atomic E-state index is 0. The highest BCUT2D eigenvalue weighted by molar-refractivity contribution is 5.85. The molecule has 1 atom stereocenters. The summed E-state index contributed by atoms with van der Waals surface area (Å²) in [5.74, 6) is 0.905. The van der Waals surface area contributed by atoms with Crippen LogP contribution in [0.4, 0.5) is 0 Å². The lowest BCUT2D eigenvalue weighted by atomic mass is 9.86. The van der Waals surface area contributed by atoms with Crippen LogP contribution in [0.25, 0.3) is 0 Å². The lowest BCUT2D eigenvalue weighted by molar-refractivity contribution is -0.121. The van der Waals surface area contributed by atoms with E-state index >= 15 is 0 Å². The maximum Gasteiger partial charge on any atom is 0.220 e. The molecule has 1 fully saturated rings. The predicted octanol–water partition coefficient (Wildman–Crippen LogP) is 3.84. The third kappa shape index (κ3) is 7.23. The minimum atomic E-state index is 0. The predicted molar refractivity (Wildman–Crippen MR) is 104 cm³/mol. The first-order chi connectivity index (χ1) is 10.9. The maximum atomic E-state index is 12.0. The molecule has 2 rings (SSSR count). The number of halogens is 1. The minimum Gasteiger partial charge on any atom is -0.356 e. The number of rotatable bonds is 6. The van der Waals surface area contributed by atoms with Crippen molar-refractivity contribution in [1.82, 2.24) is 10.6 Å². The number of hydrogen-bond acceptors (Lipinski definition) is 2. The summed E-state index contributed by atoms with van der Waals surface area (Å²) >= 11 is 0. The van der Waals surface area contributed by atoms with Gasteiger partial charge in [-0.3, -0.25) is 4.79 Å². The molecule has 0 bridgehead atoms. The number of piperidine rings is 1. The van der Waals surface area contributed by atoms with Gasteiger partial charge in [0.2, 0.25) is 5.91 Å². The average molecular weight is 353 g/mol. The van der Waals surface area contributed by atoms with Crippen molar-refractivity contribution < 1.29 is 4.79 Å². The molecule has 1 aromatic carbocycles. The molecule has 0 radical (unpaired) electrons. The number of nitrogens with one attached hydrogen (secondary N) is 2. The molecular formula is C20H33ClN2O. The molecule has 0 spiro atoms. The van der Waals surface area contributed by atoms with Crippen LogP contribution in [0.15, 0.2) is 24.3 Å². The molecular weight excluding hydrogens is 320 g/mol. The number of hydrogen-bond donors (Lipinski definition) is 2. The van der Waals surface area contributed by atoms with Gasteiger partial charge in [-0.2, -0.15) is 0 Å². The van der Waals surface area contributed by atoms with E-state index in [0.717, 1.165) is 38.4 Å². The van der Waals surface area contributed by atoms with Gasteiger partial charge in [-0.25, -0.2) is 0 Å². The van der Waals surface area contributed by atoms with Gasteiger partial charge < -0.3 is 10.6 Å².